The molecule has 0 aliphatic heterocycles. The van der Waals surface area contributed by atoms with Crippen LogP contribution < -0.4 is 0 Å². The van der Waals surface area contributed by atoms with Gasteiger partial charge in [0.15, 0.2) is 0 Å². The summed E-state index contributed by atoms with van der Waals surface area (Å²) < 4.78 is 0. The molecule has 0 aromatic heterocycles. The number of hydrogen-bond donors (Lipinski definition) is 0. The van der Waals surface area contributed by atoms with Gasteiger partial charge < -0.3 is 0 Å². The zero-order chi connectivity index (χ0) is 11.4. The van der Waals surface area contributed by atoms with Crippen LogP contribution in [0.25, 0.3) is 0 Å². The molecule has 0 radical (unpaired) electrons. The average molecular weight is 226 g/mol. The van der Waals surface area contributed by atoms with Crippen molar-refractivity contribution in [1.82, 2.24) is 0 Å². The predicted octanol–water partition coefficient (Wildman–Crippen LogP) is 4.27. The summed E-state index contributed by atoms with van der Waals surface area (Å²) in [5, 5.41) is 3.13. The van der Waals surface area contributed by atoms with Crippen molar-refractivity contribution in [3.63, 3.8) is 0 Å². The molecule has 0 aromatic carbocycles. The Morgan fingerprint density at radius 2 is 1.62 bits per heavy atom. The normalized spacial score (nSPS) is 28.6. The van der Waals surface area contributed by atoms with E-state index in [2.05, 4.69) is 73.9 Å². The van der Waals surface area contributed by atoms with E-state index in [1.807, 2.05) is 0 Å². The molecule has 2 aliphatic carbocycles. The summed E-state index contributed by atoms with van der Waals surface area (Å²) in [4.78, 5) is 0. The lowest BCUT2D eigenvalue weighted by Crippen LogP contribution is -2.31. The van der Waals surface area contributed by atoms with E-state index < -0.39 is 8.07 Å². The lowest BCUT2D eigenvalue weighted by atomic mass is 10.3. The van der Waals surface area contributed by atoms with Gasteiger partial charge >= 0.3 is 0 Å². The van der Waals surface area contributed by atoms with Crippen LogP contribution in [0.4, 0.5) is 0 Å². The summed E-state index contributed by atoms with van der Waals surface area (Å²) in [6.45, 7) is 4.86. The Bertz CT molecular complexity index is 440. The second kappa shape index (κ2) is 4.66. The molecule has 0 nitrogen and oxygen atoms in total. The van der Waals surface area contributed by atoms with Crippen LogP contribution in [0, 0.1) is 0 Å². The molecule has 82 valence electrons. The molecule has 1 heteroatoms. The van der Waals surface area contributed by atoms with Crippen LogP contribution in [0.3, 0.4) is 0 Å². The Balaban J connectivity index is 2.29. The van der Waals surface area contributed by atoms with Gasteiger partial charge in [0, 0.05) is 0 Å². The lowest BCUT2D eigenvalue weighted by Gasteiger charge is -2.26. The van der Waals surface area contributed by atoms with Crippen molar-refractivity contribution in [3.05, 3.63) is 71.2 Å². The zero-order valence-corrected chi connectivity index (χ0v) is 11.0. The molecule has 0 saturated heterocycles. The standard InChI is InChI=1S/C15H18Si/c1-16(2,15-12-8-9-13-15)14-10-6-4-3-5-7-11-14/h3-12H,13H2,1-2H3/b4-3-,5-3?,6-4?,7-5-,10-6-,11-7?,14-10?,14-11+. The molecule has 0 atom stereocenters. The fourth-order valence-electron chi connectivity index (χ4n) is 2.08. The van der Waals surface area contributed by atoms with E-state index >= 15 is 0 Å². The quantitative estimate of drug-likeness (QED) is 0.617. The number of hydrogen-bond acceptors (Lipinski definition) is 0. The van der Waals surface area contributed by atoms with E-state index in [9.17, 15) is 0 Å². The van der Waals surface area contributed by atoms with Crippen molar-refractivity contribution < 1.29 is 0 Å². The molecule has 0 N–H and O–H groups in total. The Hall–Kier alpha value is -1.34. The smallest absolute Gasteiger partial charge is 0.0809 e. The maximum absolute atomic E-state index is 2.43. The van der Waals surface area contributed by atoms with Gasteiger partial charge in [-0.05, 0) is 6.42 Å². The van der Waals surface area contributed by atoms with E-state index in [-0.39, 0.29) is 0 Å². The number of allylic oxidation sites excluding steroid dienone is 12. The summed E-state index contributed by atoms with van der Waals surface area (Å²) in [6, 6.07) is 0. The highest BCUT2D eigenvalue weighted by Gasteiger charge is 2.28. The molecule has 0 spiro atoms. The first kappa shape index (κ1) is 11.2. The van der Waals surface area contributed by atoms with Gasteiger partial charge in [-0.3, -0.25) is 0 Å². The molecule has 2 rings (SSSR count). The molecule has 16 heavy (non-hydrogen) atoms. The number of rotatable bonds is 2. The van der Waals surface area contributed by atoms with Crippen LogP contribution in [-0.4, -0.2) is 8.07 Å². The Morgan fingerprint density at radius 1 is 0.875 bits per heavy atom. The first-order chi connectivity index (χ1) is 7.71. The second-order valence-corrected chi connectivity index (χ2v) is 9.17. The zero-order valence-electron chi connectivity index (χ0n) is 9.98. The minimum absolute atomic E-state index is 1.14. The topological polar surface area (TPSA) is 0 Å². The summed E-state index contributed by atoms with van der Waals surface area (Å²) in [5.74, 6) is 0. The van der Waals surface area contributed by atoms with Crippen molar-refractivity contribution in [2.75, 3.05) is 0 Å². The molecule has 0 aromatic rings. The van der Waals surface area contributed by atoms with Crippen LogP contribution in [0.5, 0.6) is 0 Å². The van der Waals surface area contributed by atoms with Crippen LogP contribution in [0.2, 0.25) is 13.1 Å². The summed E-state index contributed by atoms with van der Waals surface area (Å²) in [7, 11) is -1.44. The van der Waals surface area contributed by atoms with Gasteiger partial charge in [-0.1, -0.05) is 84.2 Å². The highest BCUT2D eigenvalue weighted by atomic mass is 28.3. The van der Waals surface area contributed by atoms with Gasteiger partial charge in [0.05, 0.1) is 0 Å². The predicted molar refractivity (Wildman–Crippen MR) is 74.8 cm³/mol. The van der Waals surface area contributed by atoms with E-state index in [0.29, 0.717) is 0 Å². The van der Waals surface area contributed by atoms with Crippen molar-refractivity contribution >= 4 is 8.07 Å². The monoisotopic (exact) mass is 226 g/mol. The van der Waals surface area contributed by atoms with Crippen LogP contribution in [0.1, 0.15) is 6.42 Å². The third-order valence-electron chi connectivity index (χ3n) is 3.29. The molecule has 0 unspecified atom stereocenters. The van der Waals surface area contributed by atoms with Crippen molar-refractivity contribution in [2.45, 2.75) is 19.5 Å². The Kier molecular flexibility index (Phi) is 3.25. The highest BCUT2D eigenvalue weighted by Crippen LogP contribution is 2.30. The molecule has 0 heterocycles. The van der Waals surface area contributed by atoms with Crippen LogP contribution in [-0.2, 0) is 0 Å². The minimum Gasteiger partial charge on any atom is -0.0809 e. The summed E-state index contributed by atoms with van der Waals surface area (Å²) in [5.41, 5.74) is 0. The molecular formula is C15H18Si. The largest absolute Gasteiger partial charge is 0.107 e. The van der Waals surface area contributed by atoms with Crippen molar-refractivity contribution in [3.8, 4) is 0 Å². The SMILES string of the molecule is C[Si](C)(C1=CC=CC1)C1=C/C=C\C=C/C=C\1. The maximum atomic E-state index is 2.43. The third-order valence-corrected chi connectivity index (χ3v) is 7.04. The van der Waals surface area contributed by atoms with Gasteiger partial charge in [0.1, 0.15) is 8.07 Å². The van der Waals surface area contributed by atoms with Gasteiger partial charge in [0.2, 0.25) is 0 Å². The van der Waals surface area contributed by atoms with Crippen LogP contribution >= 0.6 is 0 Å². The first-order valence-electron chi connectivity index (χ1n) is 5.79. The van der Waals surface area contributed by atoms with E-state index in [1.54, 1.807) is 5.20 Å². The molecule has 0 amide bonds. The first-order valence-corrected chi connectivity index (χ1v) is 8.79. The molecule has 0 saturated carbocycles. The lowest BCUT2D eigenvalue weighted by molar-refractivity contribution is 1.35. The highest BCUT2D eigenvalue weighted by molar-refractivity contribution is 6.91. The third kappa shape index (κ3) is 2.25. The van der Waals surface area contributed by atoms with Crippen molar-refractivity contribution in [2.24, 2.45) is 0 Å². The maximum Gasteiger partial charge on any atom is 0.107 e. The van der Waals surface area contributed by atoms with Gasteiger partial charge in [-0.15, -0.1) is 0 Å². The summed E-state index contributed by atoms with van der Waals surface area (Å²) >= 11 is 0. The molecule has 2 aliphatic rings. The summed E-state index contributed by atoms with van der Waals surface area (Å²) in [6.07, 6.45) is 23.0. The van der Waals surface area contributed by atoms with Crippen LogP contribution in [0.15, 0.2) is 71.2 Å². The van der Waals surface area contributed by atoms with E-state index in [4.69, 9.17) is 0 Å². The van der Waals surface area contributed by atoms with Gasteiger partial charge in [-0.2, -0.15) is 0 Å². The average Bonchev–Trinajstić information content (AvgIpc) is 2.68. The molecule has 0 fully saturated rings. The molecular weight excluding hydrogens is 208 g/mol. The fourth-order valence-corrected chi connectivity index (χ4v) is 4.62. The van der Waals surface area contributed by atoms with E-state index in [0.717, 1.165) is 6.42 Å². The molecule has 0 bridgehead atoms. The fraction of sp³-hybridized carbons (Fsp3) is 0.200. The van der Waals surface area contributed by atoms with E-state index in [1.165, 1.54) is 5.20 Å². The van der Waals surface area contributed by atoms with Crippen molar-refractivity contribution in [1.29, 1.82) is 0 Å². The minimum atomic E-state index is -1.44. The van der Waals surface area contributed by atoms with Gasteiger partial charge in [0.25, 0.3) is 0 Å². The second-order valence-electron chi connectivity index (χ2n) is 4.70. The Labute approximate surface area is 99.1 Å². The van der Waals surface area contributed by atoms with Gasteiger partial charge in [-0.25, -0.2) is 0 Å². The Morgan fingerprint density at radius 3 is 2.38 bits per heavy atom.